The zero-order chi connectivity index (χ0) is 16.2. The van der Waals surface area contributed by atoms with E-state index >= 15 is 0 Å². The number of hydrogen-bond acceptors (Lipinski definition) is 4. The lowest BCUT2D eigenvalue weighted by Crippen LogP contribution is -2.42. The fraction of sp³-hybridized carbons (Fsp3) is 0.800. The Bertz CT molecular complexity index is 489. The molecule has 1 rings (SSSR count). The zero-order valence-corrected chi connectivity index (χ0v) is 14.1. The highest BCUT2D eigenvalue weighted by molar-refractivity contribution is 5.41. The first-order valence-electron chi connectivity index (χ1n) is 7.66. The van der Waals surface area contributed by atoms with Gasteiger partial charge in [-0.3, -0.25) is 14.8 Å². The first kappa shape index (κ1) is 17.6. The molecule has 0 fully saturated rings. The number of nitrogens with one attached hydrogen (secondary N) is 1. The van der Waals surface area contributed by atoms with Gasteiger partial charge in [-0.25, -0.2) is 0 Å². The summed E-state index contributed by atoms with van der Waals surface area (Å²) in [7, 11) is 0. The maximum atomic E-state index is 11.4. The van der Waals surface area contributed by atoms with Gasteiger partial charge in [0.1, 0.15) is 11.4 Å². The number of aryl methyl sites for hydroxylation is 2. The summed E-state index contributed by atoms with van der Waals surface area (Å²) in [5.41, 5.74) is 1.45. The molecule has 0 aliphatic rings. The Morgan fingerprint density at radius 3 is 2.43 bits per heavy atom. The summed E-state index contributed by atoms with van der Waals surface area (Å²) in [5.74, 6) is 0. The molecule has 0 aromatic carbocycles. The largest absolute Gasteiger partial charge is 0.313 e. The van der Waals surface area contributed by atoms with Crippen LogP contribution in [0.5, 0.6) is 0 Å². The van der Waals surface area contributed by atoms with Gasteiger partial charge in [0.25, 0.3) is 0 Å². The van der Waals surface area contributed by atoms with E-state index in [1.165, 1.54) is 0 Å². The van der Waals surface area contributed by atoms with Crippen molar-refractivity contribution < 1.29 is 4.92 Å². The quantitative estimate of drug-likeness (QED) is 0.620. The molecular formula is C15H28N4O2. The van der Waals surface area contributed by atoms with Crippen LogP contribution in [-0.2, 0) is 13.0 Å². The highest BCUT2D eigenvalue weighted by Gasteiger charge is 2.31. The van der Waals surface area contributed by atoms with Gasteiger partial charge in [-0.15, -0.1) is 0 Å². The summed E-state index contributed by atoms with van der Waals surface area (Å²) in [6.45, 7) is 13.8. The van der Waals surface area contributed by atoms with Crippen molar-refractivity contribution in [2.24, 2.45) is 5.41 Å². The van der Waals surface area contributed by atoms with E-state index in [4.69, 9.17) is 0 Å². The average Bonchev–Trinajstić information content (AvgIpc) is 2.64. The second-order valence-electron chi connectivity index (χ2n) is 6.54. The number of hydrogen-bond donors (Lipinski definition) is 1. The van der Waals surface area contributed by atoms with Crippen molar-refractivity contribution in [2.45, 2.75) is 67.0 Å². The highest BCUT2D eigenvalue weighted by atomic mass is 16.6. The molecule has 0 saturated carbocycles. The van der Waals surface area contributed by atoms with Crippen molar-refractivity contribution in [3.63, 3.8) is 0 Å². The van der Waals surface area contributed by atoms with E-state index in [1.807, 2.05) is 4.68 Å². The van der Waals surface area contributed by atoms with Crippen molar-refractivity contribution in [3.8, 4) is 0 Å². The molecule has 6 heteroatoms. The van der Waals surface area contributed by atoms with Gasteiger partial charge in [0.2, 0.25) is 0 Å². The Morgan fingerprint density at radius 2 is 2.00 bits per heavy atom. The molecule has 1 aromatic rings. The Hall–Kier alpha value is -1.43. The van der Waals surface area contributed by atoms with E-state index in [1.54, 1.807) is 6.92 Å². The summed E-state index contributed by atoms with van der Waals surface area (Å²) in [5, 5.41) is 19.2. The lowest BCUT2D eigenvalue weighted by molar-refractivity contribution is -0.386. The van der Waals surface area contributed by atoms with E-state index in [9.17, 15) is 10.1 Å². The number of likely N-dealkylation sites (N-methyl/N-ethyl adjacent to an activating group) is 1. The standard InChI is InChI=1S/C15H28N4O2/c1-7-9-18-12(14(19(20)21)11(3)17-18)10-13(16-8-2)15(4,5)6/h13,16H,7-10H2,1-6H3. The van der Waals surface area contributed by atoms with Crippen LogP contribution in [0.3, 0.4) is 0 Å². The highest BCUT2D eigenvalue weighted by Crippen LogP contribution is 2.29. The van der Waals surface area contributed by atoms with Crippen LogP contribution in [0.4, 0.5) is 5.69 Å². The van der Waals surface area contributed by atoms with E-state index in [-0.39, 0.29) is 22.1 Å². The minimum Gasteiger partial charge on any atom is -0.313 e. The van der Waals surface area contributed by atoms with Crippen LogP contribution in [0.2, 0.25) is 0 Å². The summed E-state index contributed by atoms with van der Waals surface area (Å²) in [4.78, 5) is 11.1. The second-order valence-corrected chi connectivity index (χ2v) is 6.54. The van der Waals surface area contributed by atoms with Gasteiger partial charge in [0.05, 0.1) is 4.92 Å². The van der Waals surface area contributed by atoms with Gasteiger partial charge in [-0.05, 0) is 25.3 Å². The molecule has 0 spiro atoms. The van der Waals surface area contributed by atoms with Crippen molar-refractivity contribution >= 4 is 5.69 Å². The molecule has 1 aromatic heterocycles. The first-order valence-corrected chi connectivity index (χ1v) is 7.66. The molecule has 0 aliphatic carbocycles. The third-order valence-electron chi connectivity index (χ3n) is 3.71. The monoisotopic (exact) mass is 296 g/mol. The van der Waals surface area contributed by atoms with Crippen LogP contribution in [0.1, 0.15) is 52.4 Å². The van der Waals surface area contributed by atoms with Crippen LogP contribution in [0, 0.1) is 22.5 Å². The SMILES string of the molecule is CCCn1nc(C)c([N+](=O)[O-])c1CC(NCC)C(C)(C)C. The van der Waals surface area contributed by atoms with Crippen LogP contribution < -0.4 is 5.32 Å². The van der Waals surface area contributed by atoms with Crippen LogP contribution in [0.25, 0.3) is 0 Å². The lowest BCUT2D eigenvalue weighted by atomic mass is 9.83. The average molecular weight is 296 g/mol. The Labute approximate surface area is 127 Å². The minimum atomic E-state index is -0.296. The Kier molecular flexibility index (Phi) is 5.89. The maximum absolute atomic E-state index is 11.4. The fourth-order valence-electron chi connectivity index (χ4n) is 2.58. The van der Waals surface area contributed by atoms with Crippen LogP contribution in [-0.4, -0.2) is 27.3 Å². The van der Waals surface area contributed by atoms with Gasteiger partial charge < -0.3 is 5.32 Å². The molecule has 21 heavy (non-hydrogen) atoms. The van der Waals surface area contributed by atoms with E-state index in [2.05, 4.69) is 45.0 Å². The Morgan fingerprint density at radius 1 is 1.38 bits per heavy atom. The third kappa shape index (κ3) is 4.27. The molecule has 0 aliphatic heterocycles. The van der Waals surface area contributed by atoms with E-state index in [0.29, 0.717) is 18.7 Å². The number of nitro groups is 1. The second kappa shape index (κ2) is 7.02. The smallest absolute Gasteiger partial charge is 0.313 e. The van der Waals surface area contributed by atoms with Crippen LogP contribution in [0.15, 0.2) is 0 Å². The molecule has 0 bridgehead atoms. The van der Waals surface area contributed by atoms with Gasteiger partial charge in [-0.2, -0.15) is 5.10 Å². The topological polar surface area (TPSA) is 73.0 Å². The predicted molar refractivity (Wildman–Crippen MR) is 84.5 cm³/mol. The summed E-state index contributed by atoms with van der Waals surface area (Å²) < 4.78 is 1.81. The number of rotatable bonds is 7. The molecule has 1 N–H and O–H groups in total. The Balaban J connectivity index is 3.22. The molecule has 0 saturated heterocycles. The third-order valence-corrected chi connectivity index (χ3v) is 3.71. The van der Waals surface area contributed by atoms with Crippen molar-refractivity contribution in [3.05, 3.63) is 21.5 Å². The van der Waals surface area contributed by atoms with Crippen LogP contribution >= 0.6 is 0 Å². The molecule has 6 nitrogen and oxygen atoms in total. The molecule has 120 valence electrons. The van der Waals surface area contributed by atoms with Crippen molar-refractivity contribution in [1.82, 2.24) is 15.1 Å². The van der Waals surface area contributed by atoms with E-state index < -0.39 is 0 Å². The van der Waals surface area contributed by atoms with Crippen molar-refractivity contribution in [2.75, 3.05) is 6.54 Å². The summed E-state index contributed by atoms with van der Waals surface area (Å²) in [6, 6.07) is 0.174. The normalized spacial score (nSPS) is 13.4. The van der Waals surface area contributed by atoms with Gasteiger partial charge >= 0.3 is 5.69 Å². The van der Waals surface area contributed by atoms with Gasteiger partial charge in [-0.1, -0.05) is 34.6 Å². The minimum absolute atomic E-state index is 0.0269. The fourth-order valence-corrected chi connectivity index (χ4v) is 2.58. The first-order chi connectivity index (χ1) is 9.72. The van der Waals surface area contributed by atoms with Gasteiger partial charge in [0.15, 0.2) is 0 Å². The summed E-state index contributed by atoms with van der Waals surface area (Å²) >= 11 is 0. The van der Waals surface area contributed by atoms with Crippen molar-refractivity contribution in [1.29, 1.82) is 0 Å². The summed E-state index contributed by atoms with van der Waals surface area (Å²) in [6.07, 6.45) is 1.53. The number of aromatic nitrogens is 2. The zero-order valence-electron chi connectivity index (χ0n) is 14.1. The predicted octanol–water partition coefficient (Wildman–Crippen LogP) is 3.08. The maximum Gasteiger partial charge on any atom is 0.313 e. The molecule has 0 radical (unpaired) electrons. The molecule has 0 amide bonds. The molecule has 1 heterocycles. The number of nitrogens with zero attached hydrogens (tertiary/aromatic N) is 3. The van der Waals surface area contributed by atoms with E-state index in [0.717, 1.165) is 18.7 Å². The molecular weight excluding hydrogens is 268 g/mol. The molecule has 1 atom stereocenters. The molecule has 1 unspecified atom stereocenters. The lowest BCUT2D eigenvalue weighted by Gasteiger charge is -2.31. The van der Waals surface area contributed by atoms with Gasteiger partial charge in [0, 0.05) is 19.0 Å².